The molecule has 3 aromatic rings. The second kappa shape index (κ2) is 12.8. The van der Waals surface area contributed by atoms with E-state index >= 15 is 0 Å². The molecule has 0 saturated carbocycles. The number of piperidine rings is 1. The number of fused-ring (bicyclic) bond motifs is 1. The van der Waals surface area contributed by atoms with Crippen molar-refractivity contribution in [3.05, 3.63) is 53.7 Å². The number of aromatic nitrogens is 1. The molecule has 0 radical (unpaired) electrons. The molecule has 204 valence electrons. The van der Waals surface area contributed by atoms with E-state index in [1.54, 1.807) is 36.4 Å². The molecule has 0 spiro atoms. The van der Waals surface area contributed by atoms with Gasteiger partial charge < -0.3 is 30.0 Å². The van der Waals surface area contributed by atoms with Gasteiger partial charge in [0, 0.05) is 17.1 Å². The summed E-state index contributed by atoms with van der Waals surface area (Å²) in [7, 11) is 2.76. The minimum atomic E-state index is -4.39. The van der Waals surface area contributed by atoms with E-state index in [1.807, 2.05) is 6.07 Å². The summed E-state index contributed by atoms with van der Waals surface area (Å²) in [5.74, 6) is 5.74. The first-order valence-electron chi connectivity index (χ1n) is 11.9. The number of hydrogen-bond donors (Lipinski definition) is 3. The predicted molar refractivity (Wildman–Crippen MR) is 144 cm³/mol. The molecule has 1 fully saturated rings. The molecule has 2 heterocycles. The van der Waals surface area contributed by atoms with Crippen LogP contribution in [0.1, 0.15) is 28.9 Å². The minimum Gasteiger partial charge on any atom is -0.495 e. The molecule has 0 bridgehead atoms. The number of anilines is 2. The van der Waals surface area contributed by atoms with Crippen molar-refractivity contribution in [1.29, 1.82) is 0 Å². The number of ether oxygens (including phenoxy) is 2. The molecule has 1 saturated heterocycles. The van der Waals surface area contributed by atoms with Crippen molar-refractivity contribution in [3.8, 4) is 17.6 Å². The van der Waals surface area contributed by atoms with Gasteiger partial charge >= 0.3 is 12.1 Å². The normalized spacial score (nSPS) is 13.7. The summed E-state index contributed by atoms with van der Waals surface area (Å²) in [6, 6.07) is 12.1. The molecule has 0 aliphatic carbocycles. The van der Waals surface area contributed by atoms with E-state index in [4.69, 9.17) is 9.47 Å². The number of hydrogen-bond acceptors (Lipinski definition) is 6. The molecule has 2 aromatic carbocycles. The van der Waals surface area contributed by atoms with Crippen molar-refractivity contribution >= 4 is 40.7 Å². The van der Waals surface area contributed by atoms with Gasteiger partial charge in [-0.15, -0.1) is 12.4 Å². The van der Waals surface area contributed by atoms with Gasteiger partial charge in [-0.2, -0.15) is 13.2 Å². The third-order valence-corrected chi connectivity index (χ3v) is 6.19. The van der Waals surface area contributed by atoms with Crippen LogP contribution in [0, 0.1) is 11.8 Å². The summed E-state index contributed by atoms with van der Waals surface area (Å²) in [6.07, 6.45) is -2.50. The summed E-state index contributed by atoms with van der Waals surface area (Å²) in [4.78, 5) is 11.7. The van der Waals surface area contributed by atoms with Gasteiger partial charge in [-0.1, -0.05) is 12.0 Å². The van der Waals surface area contributed by atoms with Crippen LogP contribution in [0.4, 0.5) is 24.5 Å². The van der Waals surface area contributed by atoms with Crippen LogP contribution in [0.25, 0.3) is 10.9 Å². The summed E-state index contributed by atoms with van der Waals surface area (Å²) >= 11 is 0. The van der Waals surface area contributed by atoms with Crippen LogP contribution in [0.2, 0.25) is 0 Å². The summed E-state index contributed by atoms with van der Waals surface area (Å²) in [5, 5.41) is 10.6. The van der Waals surface area contributed by atoms with E-state index in [0.717, 1.165) is 31.6 Å². The predicted octanol–water partition coefficient (Wildman–Crippen LogP) is 5.05. The Labute approximate surface area is 225 Å². The number of halogens is 4. The number of benzene rings is 2. The Morgan fingerprint density at radius 3 is 2.58 bits per heavy atom. The molecule has 4 rings (SSSR count). The second-order valence-electron chi connectivity index (χ2n) is 8.70. The van der Waals surface area contributed by atoms with Crippen LogP contribution in [-0.2, 0) is 11.3 Å². The maximum absolute atomic E-state index is 13.5. The number of alkyl halides is 3. The number of nitrogens with one attached hydrogen (secondary N) is 3. The van der Waals surface area contributed by atoms with Gasteiger partial charge in [0.1, 0.15) is 12.3 Å². The Bertz CT molecular complexity index is 1320. The van der Waals surface area contributed by atoms with Gasteiger partial charge in [-0.3, -0.25) is 0 Å². The number of carbonyl (C=O) groups excluding carboxylic acids is 1. The molecule has 1 aromatic heterocycles. The lowest BCUT2D eigenvalue weighted by Gasteiger charge is -2.25. The van der Waals surface area contributed by atoms with Crippen molar-refractivity contribution in [2.24, 2.45) is 0 Å². The Hall–Kier alpha value is -3.55. The summed E-state index contributed by atoms with van der Waals surface area (Å²) in [6.45, 7) is 0.834. The minimum absolute atomic E-state index is 0. The maximum Gasteiger partial charge on any atom is 0.406 e. The molecule has 0 atom stereocenters. The highest BCUT2D eigenvalue weighted by molar-refractivity contribution is 5.94. The van der Waals surface area contributed by atoms with Crippen LogP contribution in [0.3, 0.4) is 0 Å². The zero-order chi connectivity index (χ0) is 26.4. The quantitative estimate of drug-likeness (QED) is 0.282. The van der Waals surface area contributed by atoms with E-state index in [-0.39, 0.29) is 30.7 Å². The lowest BCUT2D eigenvalue weighted by Crippen LogP contribution is -2.35. The molecule has 7 nitrogen and oxygen atoms in total. The van der Waals surface area contributed by atoms with E-state index in [9.17, 15) is 18.0 Å². The number of nitrogens with zero attached hydrogens (tertiary/aromatic N) is 1. The fraction of sp³-hybridized carbons (Fsp3) is 0.370. The first kappa shape index (κ1) is 29.0. The Morgan fingerprint density at radius 2 is 1.89 bits per heavy atom. The molecule has 0 unspecified atom stereocenters. The van der Waals surface area contributed by atoms with Gasteiger partial charge in [0.05, 0.1) is 43.2 Å². The van der Waals surface area contributed by atoms with Crippen LogP contribution < -0.4 is 20.7 Å². The fourth-order valence-corrected chi connectivity index (χ4v) is 4.41. The Balaban J connectivity index is 0.00000400. The fourth-order valence-electron chi connectivity index (χ4n) is 4.41. The molecule has 1 aliphatic heterocycles. The van der Waals surface area contributed by atoms with Gasteiger partial charge in [0.2, 0.25) is 0 Å². The van der Waals surface area contributed by atoms with Gasteiger partial charge in [0.15, 0.2) is 0 Å². The molecule has 38 heavy (non-hydrogen) atoms. The second-order valence-corrected chi connectivity index (χ2v) is 8.70. The number of carbonyl (C=O) groups is 1. The third kappa shape index (κ3) is 7.05. The van der Waals surface area contributed by atoms with Crippen molar-refractivity contribution in [2.45, 2.75) is 31.6 Å². The van der Waals surface area contributed by atoms with Crippen LogP contribution in [0.5, 0.6) is 5.75 Å². The monoisotopic (exact) mass is 550 g/mol. The number of rotatable bonds is 7. The van der Waals surface area contributed by atoms with Crippen molar-refractivity contribution in [2.75, 3.05) is 44.5 Å². The van der Waals surface area contributed by atoms with Crippen LogP contribution >= 0.6 is 12.4 Å². The highest BCUT2D eigenvalue weighted by Gasteiger charge is 2.30. The SMILES string of the molecule is COC(=O)c1ccc(NCC#Cc2cc3c(NC4CCNCC4)cccc3n2CC(F)(F)F)c(OC)c1.Cl. The van der Waals surface area contributed by atoms with E-state index in [0.29, 0.717) is 27.9 Å². The van der Waals surface area contributed by atoms with Gasteiger partial charge in [-0.05, 0) is 68.2 Å². The molecular weight excluding hydrogens is 521 g/mol. The van der Waals surface area contributed by atoms with Crippen LogP contribution in [0.15, 0.2) is 42.5 Å². The molecule has 11 heteroatoms. The van der Waals surface area contributed by atoms with Gasteiger partial charge in [0.25, 0.3) is 0 Å². The molecular formula is C27H30ClF3N4O3. The summed E-state index contributed by atoms with van der Waals surface area (Å²) in [5.41, 5.74) is 2.49. The largest absolute Gasteiger partial charge is 0.495 e. The summed E-state index contributed by atoms with van der Waals surface area (Å²) < 4.78 is 51.6. The molecule has 0 amide bonds. The van der Waals surface area contributed by atoms with Crippen molar-refractivity contribution < 1.29 is 27.4 Å². The highest BCUT2D eigenvalue weighted by Crippen LogP contribution is 2.31. The first-order chi connectivity index (χ1) is 17.8. The third-order valence-electron chi connectivity index (χ3n) is 6.19. The van der Waals surface area contributed by atoms with E-state index in [1.165, 1.54) is 18.8 Å². The van der Waals surface area contributed by atoms with E-state index < -0.39 is 18.7 Å². The maximum atomic E-state index is 13.5. The van der Waals surface area contributed by atoms with Crippen molar-refractivity contribution in [1.82, 2.24) is 9.88 Å². The zero-order valence-electron chi connectivity index (χ0n) is 21.1. The Kier molecular flexibility index (Phi) is 9.78. The van der Waals surface area contributed by atoms with Gasteiger partial charge in [-0.25, -0.2) is 4.79 Å². The van der Waals surface area contributed by atoms with Crippen molar-refractivity contribution in [3.63, 3.8) is 0 Å². The molecule has 3 N–H and O–H groups in total. The smallest absolute Gasteiger partial charge is 0.406 e. The Morgan fingerprint density at radius 1 is 1.13 bits per heavy atom. The first-order valence-corrected chi connectivity index (χ1v) is 11.9. The topological polar surface area (TPSA) is 76.5 Å². The standard InChI is InChI=1S/C27H29F3N4O3.ClH/c1-36-25-15-18(26(35)37-2)8-9-23(25)32-12-4-5-20-16-21-22(33-19-10-13-31-14-11-19)6-3-7-24(21)34(20)17-27(28,29)30;/h3,6-9,15-16,19,31-33H,10-14,17H2,1-2H3;1H. The average Bonchev–Trinajstić information content (AvgIpc) is 3.23. The van der Waals surface area contributed by atoms with Crippen LogP contribution in [-0.4, -0.2) is 56.6 Å². The number of methoxy groups -OCH3 is 2. The lowest BCUT2D eigenvalue weighted by molar-refractivity contribution is -0.140. The lowest BCUT2D eigenvalue weighted by atomic mass is 10.1. The zero-order valence-corrected chi connectivity index (χ0v) is 21.9. The average molecular weight is 551 g/mol. The number of esters is 1. The highest BCUT2D eigenvalue weighted by atomic mass is 35.5. The van der Waals surface area contributed by atoms with E-state index in [2.05, 4.69) is 27.8 Å². The molecule has 1 aliphatic rings.